The van der Waals surface area contributed by atoms with Crippen LogP contribution in [0.2, 0.25) is 5.02 Å². The van der Waals surface area contributed by atoms with E-state index in [0.29, 0.717) is 24.7 Å². The summed E-state index contributed by atoms with van der Waals surface area (Å²) in [7, 11) is 1.61. The predicted octanol–water partition coefficient (Wildman–Crippen LogP) is 4.87. The zero-order valence-corrected chi connectivity index (χ0v) is 20.7. The number of nitrogens with zero attached hydrogens (tertiary/aromatic N) is 2. The molecular weight excluding hydrogens is 458 g/mol. The molecule has 4 rings (SSSR count). The smallest absolute Gasteiger partial charge is 0.318 e. The van der Waals surface area contributed by atoms with Crippen LogP contribution in [0.25, 0.3) is 0 Å². The van der Waals surface area contributed by atoms with Gasteiger partial charge in [0.05, 0.1) is 12.6 Å². The fraction of sp³-hybridized carbons (Fsp3) is 0.520. The third-order valence-electron chi connectivity index (χ3n) is 6.58. The molecule has 6 nitrogen and oxygen atoms in total. The molecule has 1 aromatic carbocycles. The van der Waals surface area contributed by atoms with E-state index in [1.54, 1.807) is 23.3 Å². The number of hydrogen-bond acceptors (Lipinski definition) is 4. The number of carbonyl (C=O) groups excluding carboxylic acids is 2. The lowest BCUT2D eigenvalue weighted by Gasteiger charge is -2.38. The number of methoxy groups -OCH3 is 1. The summed E-state index contributed by atoms with van der Waals surface area (Å²) < 4.78 is 5.22. The maximum absolute atomic E-state index is 13.6. The van der Waals surface area contributed by atoms with Crippen LogP contribution in [0.1, 0.15) is 54.1 Å². The summed E-state index contributed by atoms with van der Waals surface area (Å²) in [5.41, 5.74) is 2.19. The Morgan fingerprint density at radius 3 is 2.67 bits per heavy atom. The van der Waals surface area contributed by atoms with Gasteiger partial charge in [-0.25, -0.2) is 4.79 Å². The Kier molecular flexibility index (Phi) is 8.28. The number of benzene rings is 1. The molecule has 1 saturated carbocycles. The molecular formula is C25H32ClN3O3S. The largest absolute Gasteiger partial charge is 0.383 e. The summed E-state index contributed by atoms with van der Waals surface area (Å²) in [5, 5.41) is 5.90. The van der Waals surface area contributed by atoms with Crippen molar-refractivity contribution < 1.29 is 14.3 Å². The van der Waals surface area contributed by atoms with Crippen molar-refractivity contribution in [1.82, 2.24) is 15.1 Å². The van der Waals surface area contributed by atoms with Crippen molar-refractivity contribution in [3.8, 4) is 0 Å². The number of amides is 3. The first kappa shape index (κ1) is 24.0. The highest BCUT2D eigenvalue weighted by Gasteiger charge is 2.34. The number of rotatable bonds is 7. The Hall–Kier alpha value is -2.09. The molecule has 0 spiro atoms. The number of nitrogens with one attached hydrogen (secondary N) is 1. The molecule has 0 bridgehead atoms. The molecule has 1 unspecified atom stereocenters. The molecule has 2 aliphatic rings. The van der Waals surface area contributed by atoms with Crippen molar-refractivity contribution in [2.75, 3.05) is 33.4 Å². The molecule has 0 radical (unpaired) electrons. The first-order valence-corrected chi connectivity index (χ1v) is 13.0. The number of hydrogen-bond donors (Lipinski definition) is 1. The Morgan fingerprint density at radius 1 is 1.18 bits per heavy atom. The second-order valence-corrected chi connectivity index (χ2v) is 10.2. The number of carbonyl (C=O) groups is 2. The van der Waals surface area contributed by atoms with Gasteiger partial charge in [0.1, 0.15) is 6.54 Å². The molecule has 2 heterocycles. The van der Waals surface area contributed by atoms with Crippen LogP contribution in [-0.4, -0.2) is 61.1 Å². The molecule has 1 aliphatic heterocycles. The van der Waals surface area contributed by atoms with Gasteiger partial charge in [0.2, 0.25) is 5.91 Å². The lowest BCUT2D eigenvalue weighted by molar-refractivity contribution is -0.134. The average molecular weight is 490 g/mol. The van der Waals surface area contributed by atoms with Crippen LogP contribution in [0.5, 0.6) is 0 Å². The monoisotopic (exact) mass is 489 g/mol. The van der Waals surface area contributed by atoms with Crippen molar-refractivity contribution in [1.29, 1.82) is 0 Å². The van der Waals surface area contributed by atoms with Gasteiger partial charge in [-0.2, -0.15) is 0 Å². The number of urea groups is 1. The Morgan fingerprint density at radius 2 is 1.94 bits per heavy atom. The van der Waals surface area contributed by atoms with Crippen molar-refractivity contribution >= 4 is 34.9 Å². The van der Waals surface area contributed by atoms with Crippen LogP contribution >= 0.6 is 22.9 Å². The highest BCUT2D eigenvalue weighted by molar-refractivity contribution is 7.10. The number of fused-ring (bicyclic) bond motifs is 1. The van der Waals surface area contributed by atoms with E-state index in [1.807, 2.05) is 29.2 Å². The van der Waals surface area contributed by atoms with Gasteiger partial charge in [-0.05, 0) is 54.0 Å². The van der Waals surface area contributed by atoms with Crippen molar-refractivity contribution in [2.45, 2.75) is 50.6 Å². The van der Waals surface area contributed by atoms with Gasteiger partial charge in [-0.3, -0.25) is 4.79 Å². The fourth-order valence-electron chi connectivity index (χ4n) is 4.81. The summed E-state index contributed by atoms with van der Waals surface area (Å²) in [4.78, 5) is 31.5. The summed E-state index contributed by atoms with van der Waals surface area (Å²) in [5.74, 6) is -0.0540. The highest BCUT2D eigenvalue weighted by Crippen LogP contribution is 2.38. The zero-order valence-electron chi connectivity index (χ0n) is 19.1. The number of ether oxygens (including phenoxy) is 1. The molecule has 3 amide bonds. The third-order valence-corrected chi connectivity index (χ3v) is 7.83. The van der Waals surface area contributed by atoms with Gasteiger partial charge in [-0.1, -0.05) is 43.0 Å². The van der Waals surface area contributed by atoms with E-state index in [0.717, 1.165) is 43.2 Å². The van der Waals surface area contributed by atoms with Crippen LogP contribution in [0.15, 0.2) is 35.7 Å². The molecule has 1 fully saturated rings. The van der Waals surface area contributed by atoms with E-state index in [2.05, 4.69) is 16.8 Å². The summed E-state index contributed by atoms with van der Waals surface area (Å²) in [6, 6.07) is 9.65. The molecule has 8 heteroatoms. The fourth-order valence-corrected chi connectivity index (χ4v) is 5.84. The van der Waals surface area contributed by atoms with E-state index in [1.165, 1.54) is 11.3 Å². The van der Waals surface area contributed by atoms with Gasteiger partial charge < -0.3 is 19.9 Å². The zero-order chi connectivity index (χ0) is 23.2. The minimum atomic E-state index is -0.177. The highest BCUT2D eigenvalue weighted by atomic mass is 35.5. The summed E-state index contributed by atoms with van der Waals surface area (Å²) >= 11 is 7.85. The maximum Gasteiger partial charge on any atom is 0.318 e. The predicted molar refractivity (Wildman–Crippen MR) is 132 cm³/mol. The lowest BCUT2D eigenvalue weighted by atomic mass is 9.93. The molecule has 1 N–H and O–H groups in total. The van der Waals surface area contributed by atoms with Gasteiger partial charge in [-0.15, -0.1) is 11.3 Å². The van der Waals surface area contributed by atoms with E-state index in [4.69, 9.17) is 16.3 Å². The van der Waals surface area contributed by atoms with Crippen LogP contribution in [0.3, 0.4) is 0 Å². The Balaban J connectivity index is 1.51. The normalized spacial score (nSPS) is 18.6. The lowest BCUT2D eigenvalue weighted by Crippen LogP contribution is -2.51. The van der Waals surface area contributed by atoms with Gasteiger partial charge in [0.25, 0.3) is 0 Å². The van der Waals surface area contributed by atoms with Gasteiger partial charge in [0.15, 0.2) is 0 Å². The minimum absolute atomic E-state index is 0.0332. The second kappa shape index (κ2) is 11.4. The van der Waals surface area contributed by atoms with E-state index in [-0.39, 0.29) is 30.6 Å². The van der Waals surface area contributed by atoms with Crippen LogP contribution in [-0.2, 0) is 16.0 Å². The number of thiophene rings is 1. The molecule has 33 heavy (non-hydrogen) atoms. The molecule has 178 valence electrons. The second-order valence-electron chi connectivity index (χ2n) is 8.79. The quantitative estimate of drug-likeness (QED) is 0.603. The molecule has 2 aromatic rings. The van der Waals surface area contributed by atoms with Gasteiger partial charge in [0, 0.05) is 36.1 Å². The van der Waals surface area contributed by atoms with Crippen LogP contribution < -0.4 is 5.32 Å². The average Bonchev–Trinajstić information content (AvgIpc) is 3.31. The van der Waals surface area contributed by atoms with Crippen LogP contribution in [0, 0.1) is 0 Å². The van der Waals surface area contributed by atoms with Crippen molar-refractivity contribution in [3.63, 3.8) is 0 Å². The van der Waals surface area contributed by atoms with E-state index >= 15 is 0 Å². The first-order valence-electron chi connectivity index (χ1n) is 11.7. The Bertz CT molecular complexity index is 943. The Labute approximate surface area is 204 Å². The molecule has 1 aromatic heterocycles. The number of halogens is 1. The van der Waals surface area contributed by atoms with Crippen LogP contribution in [0.4, 0.5) is 4.79 Å². The molecule has 0 saturated heterocycles. The SMILES string of the molecule is COCCN(CC(=O)N1CCc2sccc2C1c1ccc(Cl)cc1)C(=O)NC1CCCCC1. The van der Waals surface area contributed by atoms with Crippen molar-refractivity contribution in [2.24, 2.45) is 0 Å². The topological polar surface area (TPSA) is 61.9 Å². The third kappa shape index (κ3) is 5.89. The first-order chi connectivity index (χ1) is 16.1. The maximum atomic E-state index is 13.6. The molecule has 1 aliphatic carbocycles. The van der Waals surface area contributed by atoms with E-state index in [9.17, 15) is 9.59 Å². The van der Waals surface area contributed by atoms with Crippen molar-refractivity contribution in [3.05, 3.63) is 56.7 Å². The van der Waals surface area contributed by atoms with E-state index < -0.39 is 0 Å². The molecule has 1 atom stereocenters. The minimum Gasteiger partial charge on any atom is -0.383 e. The standard InChI is InChI=1S/C25H32ClN3O3S/c1-32-15-14-28(25(31)27-20-5-3-2-4-6-20)17-23(30)29-13-11-22-21(12-16-33-22)24(29)18-7-9-19(26)10-8-18/h7-10,12,16,20,24H,2-6,11,13-15,17H2,1H3,(H,27,31). The van der Waals surface area contributed by atoms with Gasteiger partial charge >= 0.3 is 6.03 Å². The summed E-state index contributed by atoms with van der Waals surface area (Å²) in [6.45, 7) is 1.43. The summed E-state index contributed by atoms with van der Waals surface area (Å²) in [6.07, 6.45) is 6.34.